The second kappa shape index (κ2) is 7.04. The molecule has 0 aliphatic heterocycles. The summed E-state index contributed by atoms with van der Waals surface area (Å²) in [4.78, 5) is 0. The van der Waals surface area contributed by atoms with Crippen LogP contribution in [0, 0.1) is 11.8 Å². The lowest BCUT2D eigenvalue weighted by atomic mass is 9.76. The summed E-state index contributed by atoms with van der Waals surface area (Å²) < 4.78 is 5.18. The van der Waals surface area contributed by atoms with Gasteiger partial charge in [0.05, 0.1) is 0 Å². The van der Waals surface area contributed by atoms with Crippen LogP contribution in [0.3, 0.4) is 0 Å². The molecule has 1 aliphatic rings. The van der Waals surface area contributed by atoms with E-state index in [1.165, 1.54) is 24.0 Å². The minimum atomic E-state index is 0.378. The largest absolute Gasteiger partial charge is 0.385 e. The first-order valence-corrected chi connectivity index (χ1v) is 7.28. The number of hydrogen-bond donors (Lipinski definition) is 2. The Kier molecular flexibility index (Phi) is 5.37. The van der Waals surface area contributed by atoms with Gasteiger partial charge in [-0.15, -0.1) is 0 Å². The summed E-state index contributed by atoms with van der Waals surface area (Å²) in [5.74, 6) is 6.98. The molecule has 3 unspecified atom stereocenters. The molecule has 1 aromatic carbocycles. The van der Waals surface area contributed by atoms with E-state index in [0.29, 0.717) is 17.9 Å². The van der Waals surface area contributed by atoms with Crippen LogP contribution in [0.25, 0.3) is 0 Å². The van der Waals surface area contributed by atoms with Crippen molar-refractivity contribution in [3.05, 3.63) is 35.4 Å². The maximum atomic E-state index is 5.81. The highest BCUT2D eigenvalue weighted by Crippen LogP contribution is 2.30. The lowest BCUT2D eigenvalue weighted by Gasteiger charge is -2.34. The van der Waals surface area contributed by atoms with E-state index in [0.717, 1.165) is 19.4 Å². The van der Waals surface area contributed by atoms with E-state index >= 15 is 0 Å². The molecule has 0 amide bonds. The SMILES string of the molecule is COCCC(C)C(NN)C1CCc2ccccc2C1. The molecule has 0 saturated heterocycles. The summed E-state index contributed by atoms with van der Waals surface area (Å²) in [6.45, 7) is 3.08. The molecule has 106 valence electrons. The molecular weight excluding hydrogens is 236 g/mol. The van der Waals surface area contributed by atoms with Crippen molar-refractivity contribution in [3.8, 4) is 0 Å². The molecule has 0 saturated carbocycles. The van der Waals surface area contributed by atoms with E-state index in [9.17, 15) is 0 Å². The number of fused-ring (bicyclic) bond motifs is 1. The van der Waals surface area contributed by atoms with Gasteiger partial charge in [0.15, 0.2) is 0 Å². The van der Waals surface area contributed by atoms with Crippen LogP contribution in [0.1, 0.15) is 30.9 Å². The summed E-state index contributed by atoms with van der Waals surface area (Å²) in [6.07, 6.45) is 4.60. The van der Waals surface area contributed by atoms with E-state index in [2.05, 4.69) is 36.6 Å². The smallest absolute Gasteiger partial charge is 0.0465 e. The molecule has 3 atom stereocenters. The first-order chi connectivity index (χ1) is 9.26. The van der Waals surface area contributed by atoms with Crippen molar-refractivity contribution in [3.63, 3.8) is 0 Å². The van der Waals surface area contributed by atoms with Gasteiger partial charge in [0.1, 0.15) is 0 Å². The summed E-state index contributed by atoms with van der Waals surface area (Å²) >= 11 is 0. The fraction of sp³-hybridized carbons (Fsp3) is 0.625. The Labute approximate surface area is 116 Å². The molecule has 0 bridgehead atoms. The number of nitrogens with one attached hydrogen (secondary N) is 1. The molecule has 0 aromatic heterocycles. The molecule has 2 rings (SSSR count). The van der Waals surface area contributed by atoms with Crippen molar-refractivity contribution in [1.82, 2.24) is 5.43 Å². The van der Waals surface area contributed by atoms with Gasteiger partial charge in [-0.05, 0) is 48.6 Å². The van der Waals surface area contributed by atoms with Gasteiger partial charge in [-0.3, -0.25) is 11.3 Å². The number of aryl methyl sites for hydroxylation is 1. The summed E-state index contributed by atoms with van der Waals surface area (Å²) in [6, 6.07) is 9.17. The van der Waals surface area contributed by atoms with Crippen molar-refractivity contribution in [1.29, 1.82) is 0 Å². The fourth-order valence-electron chi connectivity index (χ4n) is 3.28. The minimum Gasteiger partial charge on any atom is -0.385 e. The molecule has 3 heteroatoms. The summed E-state index contributed by atoms with van der Waals surface area (Å²) in [7, 11) is 1.76. The predicted octanol–water partition coefficient (Wildman–Crippen LogP) is 2.30. The summed E-state index contributed by atoms with van der Waals surface area (Å²) in [5, 5.41) is 0. The Morgan fingerprint density at radius 3 is 2.79 bits per heavy atom. The van der Waals surface area contributed by atoms with Crippen LogP contribution in [-0.2, 0) is 17.6 Å². The monoisotopic (exact) mass is 262 g/mol. The van der Waals surface area contributed by atoms with Crippen LogP contribution in [0.5, 0.6) is 0 Å². The lowest BCUT2D eigenvalue weighted by Crippen LogP contribution is -2.47. The molecule has 1 aliphatic carbocycles. The molecule has 0 fully saturated rings. The third kappa shape index (κ3) is 3.56. The average Bonchev–Trinajstić information content (AvgIpc) is 2.45. The minimum absolute atomic E-state index is 0.378. The highest BCUT2D eigenvalue weighted by Gasteiger charge is 2.28. The number of hydrogen-bond acceptors (Lipinski definition) is 3. The van der Waals surface area contributed by atoms with Crippen LogP contribution in [0.4, 0.5) is 0 Å². The fourth-order valence-corrected chi connectivity index (χ4v) is 3.28. The molecule has 0 spiro atoms. The average molecular weight is 262 g/mol. The van der Waals surface area contributed by atoms with Gasteiger partial charge < -0.3 is 4.74 Å². The van der Waals surface area contributed by atoms with Crippen LogP contribution in [0.2, 0.25) is 0 Å². The maximum Gasteiger partial charge on any atom is 0.0465 e. The lowest BCUT2D eigenvalue weighted by molar-refractivity contribution is 0.154. The van der Waals surface area contributed by atoms with Gasteiger partial charge in [0.2, 0.25) is 0 Å². The van der Waals surface area contributed by atoms with Crippen molar-refractivity contribution < 1.29 is 4.74 Å². The number of methoxy groups -OCH3 is 1. The van der Waals surface area contributed by atoms with Crippen LogP contribution >= 0.6 is 0 Å². The number of ether oxygens (including phenoxy) is 1. The number of rotatable bonds is 6. The molecular formula is C16H26N2O. The van der Waals surface area contributed by atoms with Crippen molar-refractivity contribution in [2.24, 2.45) is 17.7 Å². The van der Waals surface area contributed by atoms with E-state index in [1.54, 1.807) is 7.11 Å². The predicted molar refractivity (Wildman–Crippen MR) is 78.7 cm³/mol. The zero-order chi connectivity index (χ0) is 13.7. The Balaban J connectivity index is 2.01. The topological polar surface area (TPSA) is 47.3 Å². The quantitative estimate of drug-likeness (QED) is 0.611. The van der Waals surface area contributed by atoms with Crippen molar-refractivity contribution in [2.45, 2.75) is 38.6 Å². The van der Waals surface area contributed by atoms with Gasteiger partial charge in [0.25, 0.3) is 0 Å². The highest BCUT2D eigenvalue weighted by molar-refractivity contribution is 5.30. The number of nitrogens with two attached hydrogens (primary N) is 1. The van der Waals surface area contributed by atoms with Crippen LogP contribution in [0.15, 0.2) is 24.3 Å². The van der Waals surface area contributed by atoms with Crippen molar-refractivity contribution in [2.75, 3.05) is 13.7 Å². The molecule has 3 N–H and O–H groups in total. The van der Waals surface area contributed by atoms with Crippen LogP contribution < -0.4 is 11.3 Å². The van der Waals surface area contributed by atoms with E-state index in [4.69, 9.17) is 10.6 Å². The molecule has 0 radical (unpaired) electrons. The van der Waals surface area contributed by atoms with Gasteiger partial charge in [-0.1, -0.05) is 31.2 Å². The number of benzene rings is 1. The second-order valence-corrected chi connectivity index (χ2v) is 5.72. The Morgan fingerprint density at radius 1 is 1.37 bits per heavy atom. The van der Waals surface area contributed by atoms with Gasteiger partial charge in [-0.2, -0.15) is 0 Å². The third-order valence-corrected chi connectivity index (χ3v) is 4.48. The first-order valence-electron chi connectivity index (χ1n) is 7.28. The normalized spacial score (nSPS) is 21.7. The zero-order valence-electron chi connectivity index (χ0n) is 12.1. The first kappa shape index (κ1) is 14.5. The molecule has 19 heavy (non-hydrogen) atoms. The van der Waals surface area contributed by atoms with Gasteiger partial charge in [0, 0.05) is 19.8 Å². The second-order valence-electron chi connectivity index (χ2n) is 5.72. The Morgan fingerprint density at radius 2 is 2.11 bits per heavy atom. The van der Waals surface area contributed by atoms with E-state index in [1.807, 2.05) is 0 Å². The third-order valence-electron chi connectivity index (χ3n) is 4.48. The zero-order valence-corrected chi connectivity index (χ0v) is 12.1. The molecule has 3 nitrogen and oxygen atoms in total. The standard InChI is InChI=1S/C16H26N2O/c1-12(9-10-19-2)16(18-17)15-8-7-13-5-3-4-6-14(13)11-15/h3-6,12,15-16,18H,7-11,17H2,1-2H3. The van der Waals surface area contributed by atoms with Gasteiger partial charge in [-0.25, -0.2) is 0 Å². The van der Waals surface area contributed by atoms with Gasteiger partial charge >= 0.3 is 0 Å². The van der Waals surface area contributed by atoms with E-state index < -0.39 is 0 Å². The Hall–Kier alpha value is -0.900. The molecule has 0 heterocycles. The van der Waals surface area contributed by atoms with Crippen LogP contribution in [-0.4, -0.2) is 19.8 Å². The van der Waals surface area contributed by atoms with Crippen molar-refractivity contribution >= 4 is 0 Å². The molecule has 1 aromatic rings. The number of hydrazine groups is 1. The highest BCUT2D eigenvalue weighted by atomic mass is 16.5. The van der Waals surface area contributed by atoms with E-state index in [-0.39, 0.29) is 0 Å². The maximum absolute atomic E-state index is 5.81. The Bertz CT molecular complexity index is 394. The summed E-state index contributed by atoms with van der Waals surface area (Å²) in [5.41, 5.74) is 6.07.